The van der Waals surface area contributed by atoms with Gasteiger partial charge in [-0.3, -0.25) is 0 Å². The standard InChI is InChI=1S/C16H21BrO/c1-15(2,3)14-13(18-10-16(14,4)5)11-6-8-12(17)9-7-11/h6-9H,10H2,1-5H3. The molecule has 0 aliphatic carbocycles. The van der Waals surface area contributed by atoms with Crippen molar-refractivity contribution in [2.45, 2.75) is 34.6 Å². The Bertz CT molecular complexity index is 475. The van der Waals surface area contributed by atoms with Gasteiger partial charge in [-0.05, 0) is 23.1 Å². The highest BCUT2D eigenvalue weighted by molar-refractivity contribution is 9.10. The summed E-state index contributed by atoms with van der Waals surface area (Å²) in [6.07, 6.45) is 0. The lowest BCUT2D eigenvalue weighted by molar-refractivity contribution is 0.213. The van der Waals surface area contributed by atoms with Crippen LogP contribution in [0.4, 0.5) is 0 Å². The molecule has 0 amide bonds. The minimum absolute atomic E-state index is 0.112. The van der Waals surface area contributed by atoms with Crippen molar-refractivity contribution in [2.24, 2.45) is 10.8 Å². The van der Waals surface area contributed by atoms with Gasteiger partial charge < -0.3 is 4.74 Å². The molecule has 1 aromatic carbocycles. The highest BCUT2D eigenvalue weighted by atomic mass is 79.9. The first kappa shape index (κ1) is 13.7. The van der Waals surface area contributed by atoms with E-state index in [0.717, 1.165) is 16.8 Å². The summed E-state index contributed by atoms with van der Waals surface area (Å²) in [5.74, 6) is 1.07. The van der Waals surface area contributed by atoms with Gasteiger partial charge >= 0.3 is 0 Å². The number of ether oxygens (including phenoxy) is 1. The van der Waals surface area contributed by atoms with Crippen molar-refractivity contribution in [2.75, 3.05) is 6.61 Å². The summed E-state index contributed by atoms with van der Waals surface area (Å²) in [5.41, 5.74) is 2.83. The van der Waals surface area contributed by atoms with Crippen LogP contribution in [0.2, 0.25) is 0 Å². The van der Waals surface area contributed by atoms with E-state index < -0.39 is 0 Å². The fraction of sp³-hybridized carbons (Fsp3) is 0.500. The van der Waals surface area contributed by atoms with Crippen LogP contribution < -0.4 is 0 Å². The quantitative estimate of drug-likeness (QED) is 0.687. The summed E-state index contributed by atoms with van der Waals surface area (Å²) in [6.45, 7) is 12.1. The zero-order chi connectivity index (χ0) is 13.6. The Kier molecular flexibility index (Phi) is 3.35. The van der Waals surface area contributed by atoms with E-state index in [-0.39, 0.29) is 10.8 Å². The maximum absolute atomic E-state index is 6.00. The minimum Gasteiger partial charge on any atom is -0.492 e. The molecule has 0 atom stereocenters. The molecule has 1 aliphatic heterocycles. The normalized spacial score (nSPS) is 19.0. The summed E-state index contributed by atoms with van der Waals surface area (Å²) < 4.78 is 7.10. The van der Waals surface area contributed by atoms with Gasteiger partial charge in [-0.2, -0.15) is 0 Å². The van der Waals surface area contributed by atoms with E-state index in [2.05, 4.69) is 74.8 Å². The molecule has 0 unspecified atom stereocenters. The molecule has 2 rings (SSSR count). The third-order valence-corrected chi connectivity index (χ3v) is 3.87. The lowest BCUT2D eigenvalue weighted by atomic mass is 9.71. The average Bonchev–Trinajstić information content (AvgIpc) is 2.54. The first-order valence-electron chi connectivity index (χ1n) is 6.36. The predicted molar refractivity (Wildman–Crippen MR) is 80.3 cm³/mol. The van der Waals surface area contributed by atoms with Crippen LogP contribution in [-0.2, 0) is 4.74 Å². The summed E-state index contributed by atoms with van der Waals surface area (Å²) in [5, 5.41) is 0. The lowest BCUT2D eigenvalue weighted by Crippen LogP contribution is -2.24. The molecule has 1 nitrogen and oxygen atoms in total. The molecule has 0 saturated carbocycles. The van der Waals surface area contributed by atoms with Gasteiger partial charge in [0.1, 0.15) is 5.76 Å². The van der Waals surface area contributed by atoms with E-state index in [0.29, 0.717) is 0 Å². The second-order valence-corrected chi connectivity index (χ2v) is 7.55. The van der Waals surface area contributed by atoms with Crippen LogP contribution in [-0.4, -0.2) is 6.61 Å². The fourth-order valence-corrected chi connectivity index (χ4v) is 3.15. The Balaban J connectivity index is 2.56. The Morgan fingerprint density at radius 3 is 2.17 bits per heavy atom. The minimum atomic E-state index is 0.112. The molecule has 0 fully saturated rings. The average molecular weight is 309 g/mol. The van der Waals surface area contributed by atoms with E-state index in [1.165, 1.54) is 11.1 Å². The molecule has 1 aromatic rings. The van der Waals surface area contributed by atoms with Crippen LogP contribution in [0.3, 0.4) is 0 Å². The number of halogens is 1. The van der Waals surface area contributed by atoms with Gasteiger partial charge in [0, 0.05) is 15.5 Å². The van der Waals surface area contributed by atoms with Crippen LogP contribution in [0.5, 0.6) is 0 Å². The smallest absolute Gasteiger partial charge is 0.126 e. The maximum Gasteiger partial charge on any atom is 0.126 e. The van der Waals surface area contributed by atoms with E-state index in [1.54, 1.807) is 0 Å². The molecule has 0 saturated heterocycles. The van der Waals surface area contributed by atoms with Crippen LogP contribution >= 0.6 is 15.9 Å². The molecule has 1 heterocycles. The molecular weight excluding hydrogens is 288 g/mol. The lowest BCUT2D eigenvalue weighted by Gasteiger charge is -2.30. The van der Waals surface area contributed by atoms with Crippen LogP contribution in [0, 0.1) is 10.8 Å². The third-order valence-electron chi connectivity index (χ3n) is 3.34. The maximum atomic E-state index is 6.00. The van der Waals surface area contributed by atoms with Crippen molar-refractivity contribution in [3.63, 3.8) is 0 Å². The number of hydrogen-bond donors (Lipinski definition) is 0. The Labute approximate surface area is 118 Å². The number of rotatable bonds is 1. The van der Waals surface area contributed by atoms with Crippen molar-refractivity contribution < 1.29 is 4.74 Å². The Morgan fingerprint density at radius 1 is 1.11 bits per heavy atom. The zero-order valence-corrected chi connectivity index (χ0v) is 13.4. The summed E-state index contributed by atoms with van der Waals surface area (Å²) in [7, 11) is 0. The molecule has 18 heavy (non-hydrogen) atoms. The number of hydrogen-bond acceptors (Lipinski definition) is 1. The van der Waals surface area contributed by atoms with Gasteiger partial charge in [-0.15, -0.1) is 0 Å². The first-order valence-corrected chi connectivity index (χ1v) is 7.15. The van der Waals surface area contributed by atoms with Gasteiger partial charge in [0.15, 0.2) is 0 Å². The molecule has 0 aromatic heterocycles. The third kappa shape index (κ3) is 2.49. The highest BCUT2D eigenvalue weighted by Gasteiger charge is 2.41. The largest absolute Gasteiger partial charge is 0.492 e. The number of benzene rings is 1. The van der Waals surface area contributed by atoms with Crippen molar-refractivity contribution >= 4 is 21.7 Å². The van der Waals surface area contributed by atoms with Gasteiger partial charge in [0.2, 0.25) is 0 Å². The monoisotopic (exact) mass is 308 g/mol. The van der Waals surface area contributed by atoms with E-state index in [9.17, 15) is 0 Å². The topological polar surface area (TPSA) is 9.23 Å². The van der Waals surface area contributed by atoms with Crippen molar-refractivity contribution in [3.8, 4) is 0 Å². The second-order valence-electron chi connectivity index (χ2n) is 6.63. The van der Waals surface area contributed by atoms with E-state index in [4.69, 9.17) is 4.74 Å². The molecule has 0 radical (unpaired) electrons. The highest BCUT2D eigenvalue weighted by Crippen LogP contribution is 2.49. The van der Waals surface area contributed by atoms with Gasteiger partial charge in [-0.25, -0.2) is 0 Å². The van der Waals surface area contributed by atoms with Crippen molar-refractivity contribution in [3.05, 3.63) is 39.9 Å². The molecule has 1 aliphatic rings. The second kappa shape index (κ2) is 4.41. The zero-order valence-electron chi connectivity index (χ0n) is 11.8. The van der Waals surface area contributed by atoms with Gasteiger partial charge in [-0.1, -0.05) is 62.7 Å². The molecule has 0 spiro atoms. The van der Waals surface area contributed by atoms with Gasteiger partial charge in [0.05, 0.1) is 6.61 Å². The molecule has 0 N–H and O–H groups in total. The van der Waals surface area contributed by atoms with Crippen LogP contribution in [0.1, 0.15) is 40.2 Å². The van der Waals surface area contributed by atoms with Crippen LogP contribution in [0.15, 0.2) is 34.3 Å². The Hall–Kier alpha value is -0.760. The van der Waals surface area contributed by atoms with Crippen LogP contribution in [0.25, 0.3) is 5.76 Å². The first-order chi connectivity index (χ1) is 8.22. The molecule has 0 bridgehead atoms. The van der Waals surface area contributed by atoms with E-state index in [1.807, 2.05) is 0 Å². The predicted octanol–water partition coefficient (Wildman–Crippen LogP) is 5.26. The van der Waals surface area contributed by atoms with Gasteiger partial charge in [0.25, 0.3) is 0 Å². The summed E-state index contributed by atoms with van der Waals surface area (Å²) in [4.78, 5) is 0. The fourth-order valence-electron chi connectivity index (χ4n) is 2.89. The van der Waals surface area contributed by atoms with E-state index >= 15 is 0 Å². The molecule has 2 heteroatoms. The Morgan fingerprint density at radius 2 is 1.67 bits per heavy atom. The summed E-state index contributed by atoms with van der Waals surface area (Å²) >= 11 is 3.47. The SMILES string of the molecule is CC(C)(C)C1=C(c2ccc(Br)cc2)OCC1(C)C. The summed E-state index contributed by atoms with van der Waals surface area (Å²) in [6, 6.07) is 8.37. The molecular formula is C16H21BrO. The molecule has 98 valence electrons. The van der Waals surface area contributed by atoms with Crippen molar-refractivity contribution in [1.29, 1.82) is 0 Å². The van der Waals surface area contributed by atoms with Crippen molar-refractivity contribution in [1.82, 2.24) is 0 Å².